The van der Waals surface area contributed by atoms with Gasteiger partial charge in [0.15, 0.2) is 5.75 Å². The van der Waals surface area contributed by atoms with Gasteiger partial charge in [-0.25, -0.2) is 5.43 Å². The molecule has 5 rings (SSSR count). The first kappa shape index (κ1) is 14.5. The van der Waals surface area contributed by atoms with Crippen LogP contribution in [0, 0.1) is 13.8 Å². The van der Waals surface area contributed by atoms with E-state index in [-0.39, 0.29) is 6.04 Å². The molecule has 5 nitrogen and oxygen atoms in total. The van der Waals surface area contributed by atoms with Crippen LogP contribution in [0.25, 0.3) is 11.1 Å². The van der Waals surface area contributed by atoms with Gasteiger partial charge < -0.3 is 9.26 Å². The molecule has 1 N–H and O–H groups in total. The van der Waals surface area contributed by atoms with E-state index >= 15 is 0 Å². The predicted octanol–water partition coefficient (Wildman–Crippen LogP) is 3.92. The summed E-state index contributed by atoms with van der Waals surface area (Å²) in [6.45, 7) is 5.33. The summed E-state index contributed by atoms with van der Waals surface area (Å²) >= 11 is 0. The standard InChI is InChI=1S/C20H19N3O2/c1-12-18(13(2)25-22-12)16-9-8-15-10-21-23-17(11-24-20(16)19(15)23)14-6-4-3-5-7-14/h3-9,17,21H,10-11H2,1-2H3. The Hall–Kier alpha value is -2.79. The van der Waals surface area contributed by atoms with E-state index < -0.39 is 0 Å². The Morgan fingerprint density at radius 1 is 1.12 bits per heavy atom. The Kier molecular flexibility index (Phi) is 3.12. The van der Waals surface area contributed by atoms with E-state index in [1.807, 2.05) is 19.9 Å². The summed E-state index contributed by atoms with van der Waals surface area (Å²) in [5, 5.41) is 6.36. The lowest BCUT2D eigenvalue weighted by Crippen LogP contribution is -2.41. The van der Waals surface area contributed by atoms with Crippen molar-refractivity contribution in [2.75, 3.05) is 11.6 Å². The summed E-state index contributed by atoms with van der Waals surface area (Å²) < 4.78 is 11.7. The van der Waals surface area contributed by atoms with Crippen LogP contribution in [0.3, 0.4) is 0 Å². The maximum absolute atomic E-state index is 6.30. The topological polar surface area (TPSA) is 50.5 Å². The smallest absolute Gasteiger partial charge is 0.152 e. The summed E-state index contributed by atoms with van der Waals surface area (Å²) in [6, 6.07) is 14.9. The summed E-state index contributed by atoms with van der Waals surface area (Å²) in [6.07, 6.45) is 0. The fourth-order valence-electron chi connectivity index (χ4n) is 3.90. The van der Waals surface area contributed by atoms with Gasteiger partial charge in [-0.15, -0.1) is 0 Å². The Labute approximate surface area is 146 Å². The highest BCUT2D eigenvalue weighted by atomic mass is 16.5. The van der Waals surface area contributed by atoms with Gasteiger partial charge in [0.2, 0.25) is 0 Å². The van der Waals surface area contributed by atoms with Crippen molar-refractivity contribution in [3.63, 3.8) is 0 Å². The Morgan fingerprint density at radius 2 is 1.96 bits per heavy atom. The van der Waals surface area contributed by atoms with E-state index in [4.69, 9.17) is 9.26 Å². The third-order valence-corrected chi connectivity index (χ3v) is 5.08. The highest BCUT2D eigenvalue weighted by Crippen LogP contribution is 2.49. The first-order valence-corrected chi connectivity index (χ1v) is 8.53. The van der Waals surface area contributed by atoms with Gasteiger partial charge in [0, 0.05) is 12.1 Å². The number of anilines is 1. The fourth-order valence-corrected chi connectivity index (χ4v) is 3.90. The van der Waals surface area contributed by atoms with Gasteiger partial charge in [0.1, 0.15) is 24.1 Å². The maximum Gasteiger partial charge on any atom is 0.152 e. The zero-order valence-corrected chi connectivity index (χ0v) is 14.2. The minimum Gasteiger partial charge on any atom is -0.488 e. The van der Waals surface area contributed by atoms with Crippen LogP contribution in [0.5, 0.6) is 5.75 Å². The third kappa shape index (κ3) is 2.09. The molecule has 0 spiro atoms. The molecule has 2 aliphatic rings. The van der Waals surface area contributed by atoms with Gasteiger partial charge in [-0.3, -0.25) is 5.01 Å². The number of hydrogen-bond acceptors (Lipinski definition) is 5. The Bertz CT molecular complexity index is 930. The van der Waals surface area contributed by atoms with Crippen molar-refractivity contribution in [1.29, 1.82) is 0 Å². The molecule has 3 aromatic rings. The second-order valence-corrected chi connectivity index (χ2v) is 6.59. The van der Waals surface area contributed by atoms with E-state index in [9.17, 15) is 0 Å². The number of rotatable bonds is 2. The molecule has 25 heavy (non-hydrogen) atoms. The number of aromatic nitrogens is 1. The molecule has 0 fully saturated rings. The molecule has 126 valence electrons. The van der Waals surface area contributed by atoms with Crippen molar-refractivity contribution in [2.24, 2.45) is 0 Å². The molecular weight excluding hydrogens is 314 g/mol. The van der Waals surface area contributed by atoms with E-state index in [1.165, 1.54) is 11.1 Å². The van der Waals surface area contributed by atoms with Crippen molar-refractivity contribution >= 4 is 5.69 Å². The number of ether oxygens (including phenoxy) is 1. The zero-order chi connectivity index (χ0) is 17.0. The van der Waals surface area contributed by atoms with E-state index in [1.54, 1.807) is 0 Å². The van der Waals surface area contributed by atoms with Crippen LogP contribution < -0.4 is 15.2 Å². The fraction of sp³-hybridized carbons (Fsp3) is 0.250. The molecule has 0 amide bonds. The van der Waals surface area contributed by atoms with Gasteiger partial charge in [-0.1, -0.05) is 41.6 Å². The lowest BCUT2D eigenvalue weighted by molar-refractivity contribution is 0.259. The minimum atomic E-state index is 0.162. The molecule has 3 heterocycles. The molecular formula is C20H19N3O2. The first-order valence-electron chi connectivity index (χ1n) is 8.53. The van der Waals surface area contributed by atoms with Crippen molar-refractivity contribution in [1.82, 2.24) is 10.6 Å². The van der Waals surface area contributed by atoms with E-state index in [0.29, 0.717) is 6.61 Å². The van der Waals surface area contributed by atoms with Gasteiger partial charge in [-0.2, -0.15) is 0 Å². The predicted molar refractivity (Wildman–Crippen MR) is 95.4 cm³/mol. The summed E-state index contributed by atoms with van der Waals surface area (Å²) in [5.74, 6) is 1.74. The number of hydrazine groups is 1. The van der Waals surface area contributed by atoms with Crippen LogP contribution in [0.1, 0.15) is 28.6 Å². The van der Waals surface area contributed by atoms with Crippen LogP contribution in [0.4, 0.5) is 5.69 Å². The quantitative estimate of drug-likeness (QED) is 0.770. The summed E-state index contributed by atoms with van der Waals surface area (Å²) in [5.41, 5.74) is 10.1. The van der Waals surface area contributed by atoms with E-state index in [2.05, 4.69) is 52.0 Å². The molecule has 0 radical (unpaired) electrons. The number of aryl methyl sites for hydroxylation is 2. The average molecular weight is 333 g/mol. The van der Waals surface area contributed by atoms with Crippen LogP contribution in [-0.4, -0.2) is 11.8 Å². The lowest BCUT2D eigenvalue weighted by atomic mass is 9.97. The monoisotopic (exact) mass is 333 g/mol. The highest BCUT2D eigenvalue weighted by Gasteiger charge is 2.36. The molecule has 0 aliphatic carbocycles. The van der Waals surface area contributed by atoms with Crippen molar-refractivity contribution in [2.45, 2.75) is 26.4 Å². The number of benzene rings is 2. The van der Waals surface area contributed by atoms with Crippen LogP contribution in [0.15, 0.2) is 47.0 Å². The van der Waals surface area contributed by atoms with E-state index in [0.717, 1.165) is 40.6 Å². The summed E-state index contributed by atoms with van der Waals surface area (Å²) in [7, 11) is 0. The minimum absolute atomic E-state index is 0.162. The number of hydrogen-bond donors (Lipinski definition) is 1. The third-order valence-electron chi connectivity index (χ3n) is 5.08. The lowest BCUT2D eigenvalue weighted by Gasteiger charge is -2.36. The average Bonchev–Trinajstić information content (AvgIpc) is 3.22. The Balaban J connectivity index is 1.66. The Morgan fingerprint density at radius 3 is 2.72 bits per heavy atom. The normalized spacial score (nSPS) is 18.2. The van der Waals surface area contributed by atoms with Gasteiger partial charge >= 0.3 is 0 Å². The van der Waals surface area contributed by atoms with Crippen LogP contribution in [0.2, 0.25) is 0 Å². The molecule has 5 heteroatoms. The second kappa shape index (κ2) is 5.36. The van der Waals surface area contributed by atoms with Gasteiger partial charge in [-0.05, 0) is 31.0 Å². The van der Waals surface area contributed by atoms with Gasteiger partial charge in [0.25, 0.3) is 0 Å². The van der Waals surface area contributed by atoms with Crippen LogP contribution in [-0.2, 0) is 6.54 Å². The summed E-state index contributed by atoms with van der Waals surface area (Å²) in [4.78, 5) is 0. The number of nitrogens with zero attached hydrogens (tertiary/aromatic N) is 2. The first-order chi connectivity index (χ1) is 12.2. The van der Waals surface area contributed by atoms with Crippen LogP contribution >= 0.6 is 0 Å². The molecule has 2 aliphatic heterocycles. The van der Waals surface area contributed by atoms with Crippen molar-refractivity contribution in [3.05, 3.63) is 65.0 Å². The number of nitrogens with one attached hydrogen (secondary N) is 1. The molecule has 1 aromatic heterocycles. The largest absolute Gasteiger partial charge is 0.488 e. The molecule has 1 unspecified atom stereocenters. The molecule has 0 bridgehead atoms. The molecule has 0 saturated carbocycles. The van der Waals surface area contributed by atoms with Gasteiger partial charge in [0.05, 0.1) is 11.3 Å². The molecule has 2 aromatic carbocycles. The zero-order valence-electron chi connectivity index (χ0n) is 14.2. The molecule has 0 saturated heterocycles. The maximum atomic E-state index is 6.30. The SMILES string of the molecule is Cc1noc(C)c1-c1ccc2c3c1OCC(c1ccccc1)N3NC2. The molecule has 1 atom stereocenters. The van der Waals surface area contributed by atoms with Crippen molar-refractivity contribution in [3.8, 4) is 16.9 Å². The highest BCUT2D eigenvalue weighted by molar-refractivity contribution is 5.84. The second-order valence-electron chi connectivity index (χ2n) is 6.59. The van der Waals surface area contributed by atoms with Crippen molar-refractivity contribution < 1.29 is 9.26 Å².